The largest absolute Gasteiger partial charge is 0.377 e. The van der Waals surface area contributed by atoms with Crippen molar-refractivity contribution in [3.63, 3.8) is 0 Å². The number of hydrogen-bond acceptors (Lipinski definition) is 2. The molecule has 0 N–H and O–H groups in total. The fourth-order valence-corrected chi connectivity index (χ4v) is 0.877. The first-order chi connectivity index (χ1) is 3.98. The molecule has 0 aromatic carbocycles. The van der Waals surface area contributed by atoms with Crippen LogP contribution in [0.5, 0.6) is 0 Å². The van der Waals surface area contributed by atoms with Crippen LogP contribution in [0.1, 0.15) is 13.8 Å². The van der Waals surface area contributed by atoms with E-state index in [-0.39, 0.29) is 5.60 Å². The second-order valence-electron chi connectivity index (χ2n) is 2.73. The monoisotopic (exact) mass is 151 g/mol. The maximum Gasteiger partial charge on any atom is 0.0762 e. The molecule has 0 aliphatic carbocycles. The molecule has 56 valence electrons. The number of hydrogen-bond donors (Lipinski definition) is 0. The van der Waals surface area contributed by atoms with E-state index in [4.69, 9.17) is 16.5 Å². The van der Waals surface area contributed by atoms with Crippen LogP contribution in [0.2, 0.25) is 0 Å². The molecule has 0 aliphatic heterocycles. The second-order valence-corrected chi connectivity index (χ2v) is 3.30. The molecule has 0 rings (SSSR count). The zero-order valence-electron chi connectivity index (χ0n) is 6.44. The van der Waals surface area contributed by atoms with Crippen molar-refractivity contribution in [2.45, 2.75) is 19.4 Å². The summed E-state index contributed by atoms with van der Waals surface area (Å²) in [6, 6.07) is 0. The summed E-state index contributed by atoms with van der Waals surface area (Å²) in [7, 11) is 3.49. The molecule has 0 heterocycles. The van der Waals surface area contributed by atoms with Gasteiger partial charge in [-0.05, 0) is 25.6 Å². The van der Waals surface area contributed by atoms with Crippen molar-refractivity contribution in [2.75, 3.05) is 20.7 Å². The van der Waals surface area contributed by atoms with E-state index in [0.29, 0.717) is 0 Å². The third kappa shape index (κ3) is 4.70. The molecule has 0 spiro atoms. The van der Waals surface area contributed by atoms with Crippen molar-refractivity contribution >= 4 is 11.8 Å². The Kier molecular flexibility index (Phi) is 3.48. The van der Waals surface area contributed by atoms with Crippen molar-refractivity contribution < 1.29 is 4.74 Å². The summed E-state index contributed by atoms with van der Waals surface area (Å²) in [5, 5.41) is 0. The Hall–Kier alpha value is 0.210. The van der Waals surface area contributed by atoms with Crippen LogP contribution >= 0.6 is 11.8 Å². The van der Waals surface area contributed by atoms with Gasteiger partial charge in [0.1, 0.15) is 0 Å². The molecular formula is C6H14ClNO. The summed E-state index contributed by atoms with van der Waals surface area (Å²) in [5.41, 5.74) is -0.142. The average Bonchev–Trinajstić information content (AvgIpc) is 1.63. The topological polar surface area (TPSA) is 12.5 Å². The highest BCUT2D eigenvalue weighted by molar-refractivity contribution is 6.13. The zero-order chi connectivity index (χ0) is 7.49. The van der Waals surface area contributed by atoms with E-state index >= 15 is 0 Å². The Morgan fingerprint density at radius 1 is 1.56 bits per heavy atom. The summed E-state index contributed by atoms with van der Waals surface area (Å²) in [5.74, 6) is 0. The van der Waals surface area contributed by atoms with Crippen molar-refractivity contribution in [3.8, 4) is 0 Å². The molecule has 0 saturated heterocycles. The summed E-state index contributed by atoms with van der Waals surface area (Å²) >= 11 is 5.59. The van der Waals surface area contributed by atoms with Gasteiger partial charge in [0.15, 0.2) is 0 Å². The van der Waals surface area contributed by atoms with Gasteiger partial charge in [0.2, 0.25) is 0 Å². The van der Waals surface area contributed by atoms with Gasteiger partial charge in [-0.3, -0.25) is 0 Å². The predicted molar refractivity (Wildman–Crippen MR) is 39.6 cm³/mol. The molecule has 0 bridgehead atoms. The van der Waals surface area contributed by atoms with Gasteiger partial charge in [0, 0.05) is 20.7 Å². The highest BCUT2D eigenvalue weighted by Gasteiger charge is 2.17. The van der Waals surface area contributed by atoms with Crippen molar-refractivity contribution in [1.29, 1.82) is 0 Å². The molecule has 0 radical (unpaired) electrons. The Balaban J connectivity index is 3.58. The number of ether oxygens (including phenoxy) is 1. The number of likely N-dealkylation sites (N-methyl/N-ethyl adjacent to an activating group) is 1. The lowest BCUT2D eigenvalue weighted by atomic mass is 10.1. The van der Waals surface area contributed by atoms with Crippen LogP contribution in [-0.2, 0) is 4.74 Å². The normalized spacial score (nSPS) is 12.7. The molecule has 0 saturated carbocycles. The van der Waals surface area contributed by atoms with Gasteiger partial charge in [0.25, 0.3) is 0 Å². The molecule has 0 atom stereocenters. The molecule has 0 amide bonds. The minimum absolute atomic E-state index is 0.142. The lowest BCUT2D eigenvalue weighted by molar-refractivity contribution is 0.0120. The van der Waals surface area contributed by atoms with E-state index in [9.17, 15) is 0 Å². The van der Waals surface area contributed by atoms with Crippen LogP contribution in [0.25, 0.3) is 0 Å². The Morgan fingerprint density at radius 3 is 2.11 bits per heavy atom. The third-order valence-corrected chi connectivity index (χ3v) is 1.27. The maximum atomic E-state index is 5.59. The molecule has 0 aliphatic rings. The van der Waals surface area contributed by atoms with Gasteiger partial charge in [-0.1, -0.05) is 0 Å². The fraction of sp³-hybridized carbons (Fsp3) is 1.00. The quantitative estimate of drug-likeness (QED) is 0.567. The van der Waals surface area contributed by atoms with Gasteiger partial charge < -0.3 is 4.74 Å². The third-order valence-electron chi connectivity index (χ3n) is 1.15. The average molecular weight is 152 g/mol. The fourth-order valence-electron chi connectivity index (χ4n) is 0.589. The van der Waals surface area contributed by atoms with Gasteiger partial charge in [-0.15, -0.1) is 0 Å². The summed E-state index contributed by atoms with van der Waals surface area (Å²) in [6.45, 7) is 4.71. The van der Waals surface area contributed by atoms with Crippen LogP contribution < -0.4 is 0 Å². The minimum atomic E-state index is -0.142. The highest BCUT2D eigenvalue weighted by Crippen LogP contribution is 2.09. The summed E-state index contributed by atoms with van der Waals surface area (Å²) in [6.07, 6.45) is 0. The number of methoxy groups -OCH3 is 1. The van der Waals surface area contributed by atoms with Gasteiger partial charge in [-0.25, -0.2) is 4.42 Å². The SMILES string of the molecule is COC(C)(C)CN(C)Cl. The summed E-state index contributed by atoms with van der Waals surface area (Å²) < 4.78 is 6.71. The summed E-state index contributed by atoms with van der Waals surface area (Å²) in [4.78, 5) is 0. The first kappa shape index (κ1) is 9.21. The van der Waals surface area contributed by atoms with E-state index in [0.717, 1.165) is 6.54 Å². The van der Waals surface area contributed by atoms with Gasteiger partial charge in [-0.2, -0.15) is 0 Å². The van der Waals surface area contributed by atoms with E-state index in [2.05, 4.69) is 0 Å². The second kappa shape index (κ2) is 3.40. The Bertz CT molecular complexity index is 83.1. The lowest BCUT2D eigenvalue weighted by Crippen LogP contribution is -2.33. The van der Waals surface area contributed by atoms with Crippen LogP contribution in [0, 0.1) is 0 Å². The first-order valence-corrected chi connectivity index (χ1v) is 3.24. The molecule has 3 heteroatoms. The zero-order valence-corrected chi connectivity index (χ0v) is 7.20. The minimum Gasteiger partial charge on any atom is -0.377 e. The van der Waals surface area contributed by atoms with Crippen LogP contribution in [0.3, 0.4) is 0 Å². The molecular weight excluding hydrogens is 138 g/mol. The van der Waals surface area contributed by atoms with Crippen LogP contribution in [0.4, 0.5) is 0 Å². The van der Waals surface area contributed by atoms with E-state index in [1.54, 1.807) is 11.5 Å². The highest BCUT2D eigenvalue weighted by atomic mass is 35.5. The van der Waals surface area contributed by atoms with E-state index in [1.807, 2.05) is 20.9 Å². The Labute approximate surface area is 61.9 Å². The van der Waals surface area contributed by atoms with Crippen molar-refractivity contribution in [3.05, 3.63) is 0 Å². The number of halogens is 1. The smallest absolute Gasteiger partial charge is 0.0762 e. The molecule has 0 aromatic rings. The molecule has 2 nitrogen and oxygen atoms in total. The standard InChI is InChI=1S/C6H14ClNO/c1-6(2,9-4)5-8(3)7/h5H2,1-4H3. The number of rotatable bonds is 3. The van der Waals surface area contributed by atoms with Crippen LogP contribution in [-0.4, -0.2) is 30.7 Å². The van der Waals surface area contributed by atoms with Crippen molar-refractivity contribution in [2.24, 2.45) is 0 Å². The molecule has 0 unspecified atom stereocenters. The van der Waals surface area contributed by atoms with E-state index in [1.165, 1.54) is 0 Å². The first-order valence-electron chi connectivity index (χ1n) is 2.90. The van der Waals surface area contributed by atoms with Crippen molar-refractivity contribution in [1.82, 2.24) is 4.42 Å². The van der Waals surface area contributed by atoms with Gasteiger partial charge in [0.05, 0.1) is 5.60 Å². The molecule has 0 aromatic heterocycles. The van der Waals surface area contributed by atoms with Gasteiger partial charge >= 0.3 is 0 Å². The predicted octanol–water partition coefficient (Wildman–Crippen LogP) is 1.50. The Morgan fingerprint density at radius 2 is 2.00 bits per heavy atom. The maximum absolute atomic E-state index is 5.59. The number of nitrogens with zero attached hydrogens (tertiary/aromatic N) is 1. The molecule has 9 heavy (non-hydrogen) atoms. The lowest BCUT2D eigenvalue weighted by Gasteiger charge is -2.24. The molecule has 0 fully saturated rings. The van der Waals surface area contributed by atoms with Crippen LogP contribution in [0.15, 0.2) is 0 Å². The van der Waals surface area contributed by atoms with E-state index < -0.39 is 0 Å².